The number of halogens is 2. The fourth-order valence-corrected chi connectivity index (χ4v) is 8.26. The third-order valence-corrected chi connectivity index (χ3v) is 9.97. The van der Waals surface area contributed by atoms with Crippen LogP contribution < -0.4 is 9.47 Å². The summed E-state index contributed by atoms with van der Waals surface area (Å²) < 4.78 is 35.1. The number of allylic oxidation sites excluding steroid dienone is 1. The van der Waals surface area contributed by atoms with Crippen LogP contribution in [0.4, 0.5) is 8.78 Å². The molecule has 5 heteroatoms. The van der Waals surface area contributed by atoms with Crippen molar-refractivity contribution in [3.63, 3.8) is 0 Å². The van der Waals surface area contributed by atoms with Crippen LogP contribution in [0.25, 0.3) is 6.08 Å². The first-order valence-electron chi connectivity index (χ1n) is 12.6. The molecule has 4 saturated carbocycles. The highest BCUT2D eigenvalue weighted by molar-refractivity contribution is 6.06. The number of ether oxygens (including phenoxy) is 2. The number of hydrogen-bond acceptors (Lipinski definition) is 3. The normalized spacial score (nSPS) is 39.2. The van der Waals surface area contributed by atoms with E-state index in [1.165, 1.54) is 58.1 Å². The van der Waals surface area contributed by atoms with Crippen LogP contribution in [0.15, 0.2) is 23.8 Å². The predicted molar refractivity (Wildman–Crippen MR) is 124 cm³/mol. The Morgan fingerprint density at radius 2 is 1.85 bits per heavy atom. The van der Waals surface area contributed by atoms with Crippen molar-refractivity contribution in [2.24, 2.45) is 34.5 Å². The molecule has 180 valence electrons. The largest absolute Gasteiger partial charge is 0.493 e. The van der Waals surface area contributed by atoms with Crippen molar-refractivity contribution in [2.45, 2.75) is 78.2 Å². The van der Waals surface area contributed by atoms with Crippen LogP contribution in [0.3, 0.4) is 0 Å². The maximum absolute atomic E-state index is 13.6. The standard InChI is InChI=1S/C28H36F2O3/c1-27-12-5-4-6-19(27)8-9-20-21(27)11-13-28(2)22(20)16-18(25(28)31)14-17-7-10-23(33-26(29)30)24(15-17)32-3/h7,10,14-15,19-22,26H,4-6,8-9,11-13,16H2,1-3H3/b18-14+/t19-,20+,21-,22-,27-,28-/m0/s1. The van der Waals surface area contributed by atoms with E-state index in [1.54, 1.807) is 12.1 Å². The number of hydrogen-bond donors (Lipinski definition) is 0. The first-order valence-corrected chi connectivity index (χ1v) is 12.6. The second-order valence-electron chi connectivity index (χ2n) is 11.4. The molecular weight excluding hydrogens is 422 g/mol. The maximum atomic E-state index is 13.6. The molecule has 6 atom stereocenters. The van der Waals surface area contributed by atoms with Crippen molar-refractivity contribution in [2.75, 3.05) is 7.11 Å². The zero-order valence-corrected chi connectivity index (χ0v) is 20.0. The molecule has 0 N–H and O–H groups in total. The SMILES string of the molecule is COc1cc(/C=C2\C[C@H]3[C@@H]4CC[C@@H]5CCCC[C@]5(C)[C@H]4CC[C@]3(C)C2=O)ccc1OC(F)F. The van der Waals surface area contributed by atoms with Crippen LogP contribution in [-0.2, 0) is 4.79 Å². The Labute approximate surface area is 195 Å². The molecule has 1 aromatic rings. The number of Topliss-reactive ketones (excluding diaryl/α,β-unsaturated/α-hetero) is 1. The summed E-state index contributed by atoms with van der Waals surface area (Å²) in [5.74, 6) is 3.20. The lowest BCUT2D eigenvalue weighted by Crippen LogP contribution is -2.52. The highest BCUT2D eigenvalue weighted by atomic mass is 19.3. The average Bonchev–Trinajstić information content (AvgIpc) is 3.04. The van der Waals surface area contributed by atoms with Gasteiger partial charge in [-0.25, -0.2) is 0 Å². The van der Waals surface area contributed by atoms with Gasteiger partial charge in [0.05, 0.1) is 7.11 Å². The number of carbonyl (C=O) groups excluding carboxylic acids is 1. The molecule has 1 aromatic carbocycles. The van der Waals surface area contributed by atoms with E-state index in [2.05, 4.69) is 18.6 Å². The number of benzene rings is 1. The van der Waals surface area contributed by atoms with Gasteiger partial charge in [0.2, 0.25) is 0 Å². The van der Waals surface area contributed by atoms with Crippen LogP contribution in [0.1, 0.15) is 77.2 Å². The first-order chi connectivity index (χ1) is 15.8. The Balaban J connectivity index is 1.42. The second-order valence-corrected chi connectivity index (χ2v) is 11.4. The van der Waals surface area contributed by atoms with Crippen LogP contribution >= 0.6 is 0 Å². The van der Waals surface area contributed by atoms with Gasteiger partial charge >= 0.3 is 6.61 Å². The maximum Gasteiger partial charge on any atom is 0.387 e. The molecule has 4 aliphatic rings. The second kappa shape index (κ2) is 8.39. The lowest BCUT2D eigenvalue weighted by molar-refractivity contribution is -0.137. The van der Waals surface area contributed by atoms with Crippen LogP contribution in [0, 0.1) is 34.5 Å². The van der Waals surface area contributed by atoms with Crippen molar-refractivity contribution >= 4 is 11.9 Å². The summed E-state index contributed by atoms with van der Waals surface area (Å²) in [4.78, 5) is 13.6. The summed E-state index contributed by atoms with van der Waals surface area (Å²) in [7, 11) is 1.43. The Hall–Kier alpha value is -1.91. The lowest BCUT2D eigenvalue weighted by Gasteiger charge is -2.59. The number of alkyl halides is 2. The Morgan fingerprint density at radius 3 is 2.61 bits per heavy atom. The number of methoxy groups -OCH3 is 1. The molecule has 4 aliphatic carbocycles. The highest BCUT2D eigenvalue weighted by Gasteiger charge is 2.60. The summed E-state index contributed by atoms with van der Waals surface area (Å²) in [6.45, 7) is 1.85. The fraction of sp³-hybridized carbons (Fsp3) is 0.679. The molecule has 0 spiro atoms. The van der Waals surface area contributed by atoms with Gasteiger partial charge in [-0.05, 0) is 103 Å². The van der Waals surface area contributed by atoms with Gasteiger partial charge < -0.3 is 9.47 Å². The van der Waals surface area contributed by atoms with E-state index in [-0.39, 0.29) is 22.7 Å². The summed E-state index contributed by atoms with van der Waals surface area (Å²) in [6.07, 6.45) is 13.0. The number of ketones is 1. The zero-order valence-electron chi connectivity index (χ0n) is 20.0. The number of rotatable bonds is 4. The van der Waals surface area contributed by atoms with E-state index in [0.717, 1.165) is 35.8 Å². The Bertz CT molecular complexity index is 956. The van der Waals surface area contributed by atoms with E-state index in [4.69, 9.17) is 4.74 Å². The predicted octanol–water partition coefficient (Wildman–Crippen LogP) is 7.29. The van der Waals surface area contributed by atoms with E-state index >= 15 is 0 Å². The molecule has 0 radical (unpaired) electrons. The minimum absolute atomic E-state index is 0.00774. The highest BCUT2D eigenvalue weighted by Crippen LogP contribution is 2.66. The van der Waals surface area contributed by atoms with Gasteiger partial charge in [0.1, 0.15) is 0 Å². The molecule has 0 saturated heterocycles. The van der Waals surface area contributed by atoms with Crippen molar-refractivity contribution in [3.05, 3.63) is 29.3 Å². The topological polar surface area (TPSA) is 35.5 Å². The number of fused-ring (bicyclic) bond motifs is 5. The molecule has 5 rings (SSSR count). The third kappa shape index (κ3) is 3.70. The zero-order chi connectivity index (χ0) is 23.4. The van der Waals surface area contributed by atoms with Crippen LogP contribution in [0.5, 0.6) is 11.5 Å². The molecule has 0 bridgehead atoms. The van der Waals surface area contributed by atoms with Gasteiger partial charge in [-0.2, -0.15) is 8.78 Å². The fourth-order valence-electron chi connectivity index (χ4n) is 8.26. The van der Waals surface area contributed by atoms with Gasteiger partial charge in [0.15, 0.2) is 17.3 Å². The van der Waals surface area contributed by atoms with Crippen LogP contribution in [-0.4, -0.2) is 19.5 Å². The minimum atomic E-state index is -2.91. The molecule has 0 amide bonds. The van der Waals surface area contributed by atoms with E-state index < -0.39 is 6.61 Å². The van der Waals surface area contributed by atoms with E-state index in [0.29, 0.717) is 17.3 Å². The van der Waals surface area contributed by atoms with Crippen molar-refractivity contribution in [1.82, 2.24) is 0 Å². The third-order valence-electron chi connectivity index (χ3n) is 9.97. The lowest BCUT2D eigenvalue weighted by atomic mass is 9.45. The quantitative estimate of drug-likeness (QED) is 0.444. The van der Waals surface area contributed by atoms with Gasteiger partial charge in [-0.1, -0.05) is 32.8 Å². The van der Waals surface area contributed by atoms with Gasteiger partial charge in [0, 0.05) is 5.41 Å². The summed E-state index contributed by atoms with van der Waals surface area (Å²) in [5, 5.41) is 0. The van der Waals surface area contributed by atoms with Crippen molar-refractivity contribution in [1.29, 1.82) is 0 Å². The monoisotopic (exact) mass is 458 g/mol. The molecule has 0 unspecified atom stereocenters. The first kappa shape index (κ1) is 22.9. The summed E-state index contributed by atoms with van der Waals surface area (Å²) in [6, 6.07) is 4.90. The van der Waals surface area contributed by atoms with E-state index in [9.17, 15) is 13.6 Å². The molecule has 33 heavy (non-hydrogen) atoms. The molecule has 4 fully saturated rings. The molecule has 0 aliphatic heterocycles. The van der Waals surface area contributed by atoms with Crippen molar-refractivity contribution in [3.8, 4) is 11.5 Å². The van der Waals surface area contributed by atoms with Crippen LogP contribution in [0.2, 0.25) is 0 Å². The van der Waals surface area contributed by atoms with Gasteiger partial charge in [-0.15, -0.1) is 0 Å². The van der Waals surface area contributed by atoms with E-state index in [1.807, 2.05) is 6.08 Å². The number of carbonyl (C=O) groups is 1. The smallest absolute Gasteiger partial charge is 0.387 e. The summed E-state index contributed by atoms with van der Waals surface area (Å²) in [5.41, 5.74) is 1.85. The molecule has 3 nitrogen and oxygen atoms in total. The molecular formula is C28H36F2O3. The van der Waals surface area contributed by atoms with Crippen molar-refractivity contribution < 1.29 is 23.0 Å². The van der Waals surface area contributed by atoms with Gasteiger partial charge in [-0.3, -0.25) is 4.79 Å². The Kier molecular flexibility index (Phi) is 5.81. The average molecular weight is 459 g/mol. The Morgan fingerprint density at radius 1 is 1.03 bits per heavy atom. The molecule has 0 aromatic heterocycles. The minimum Gasteiger partial charge on any atom is -0.493 e. The summed E-state index contributed by atoms with van der Waals surface area (Å²) >= 11 is 0. The molecule has 0 heterocycles. The van der Waals surface area contributed by atoms with Gasteiger partial charge in [0.25, 0.3) is 0 Å².